The number of hydrogen-bond acceptors (Lipinski definition) is 2. The van der Waals surface area contributed by atoms with E-state index in [2.05, 4.69) is 87.5 Å². The summed E-state index contributed by atoms with van der Waals surface area (Å²) in [6, 6.07) is 50.4. The van der Waals surface area contributed by atoms with E-state index in [0.717, 1.165) is 29.9 Å². The molecule has 0 saturated carbocycles. The predicted octanol–water partition coefficient (Wildman–Crippen LogP) is 19.0. The van der Waals surface area contributed by atoms with Crippen LogP contribution in [0, 0.1) is 11.6 Å². The van der Waals surface area contributed by atoms with Crippen molar-refractivity contribution in [2.75, 3.05) is 14.2 Å². The van der Waals surface area contributed by atoms with E-state index in [1.165, 1.54) is 103 Å². The molecule has 0 aromatic heterocycles. The Balaban J connectivity index is 0.000000409. The van der Waals surface area contributed by atoms with Crippen LogP contribution < -0.4 is 9.47 Å². The minimum absolute atomic E-state index is 0.153. The molecule has 6 aromatic rings. The van der Waals surface area contributed by atoms with E-state index in [1.807, 2.05) is 136 Å². The van der Waals surface area contributed by atoms with Crippen LogP contribution in [-0.4, -0.2) is 14.2 Å². The fourth-order valence-corrected chi connectivity index (χ4v) is 6.14. The number of benzene rings is 6. The quantitative estimate of drug-likeness (QED) is 0.0670. The first-order chi connectivity index (χ1) is 33.2. The Morgan fingerprint density at radius 1 is 0.353 bits per heavy atom. The molecular weight excluding hydrogens is 839 g/mol. The van der Waals surface area contributed by atoms with E-state index < -0.39 is 0 Å². The Morgan fingerprint density at radius 3 is 1.15 bits per heavy atom. The molecule has 6 aromatic carbocycles. The zero-order chi connectivity index (χ0) is 49.7. The highest BCUT2D eigenvalue weighted by atomic mass is 19.1. The van der Waals surface area contributed by atoms with Crippen LogP contribution >= 0.6 is 0 Å². The summed E-state index contributed by atoms with van der Waals surface area (Å²) in [5, 5.41) is 0. The molecule has 0 saturated heterocycles. The SMILES string of the molecule is C/C=C/C=C/c1ccc(OC)cc1.C/C=C/C=C/c1ccccc1.C/C=C/c1ccc(F)cc1.CCCCCc1ccc(OC)cc1.CCCCCc1ccccc1.CCCc1ccc(F)cc1. The number of methoxy groups -OCH3 is 2. The lowest BCUT2D eigenvalue weighted by molar-refractivity contribution is 0.414. The third-order valence-electron chi connectivity index (χ3n) is 9.92. The molecule has 2 nitrogen and oxygen atoms in total. The van der Waals surface area contributed by atoms with E-state index in [0.29, 0.717) is 0 Å². The zero-order valence-electron chi connectivity index (χ0n) is 42.4. The molecular formula is C64H80F2O2. The molecule has 68 heavy (non-hydrogen) atoms. The first kappa shape index (κ1) is 59.5. The van der Waals surface area contributed by atoms with Crippen molar-refractivity contribution in [1.82, 2.24) is 0 Å². The van der Waals surface area contributed by atoms with Gasteiger partial charge in [-0.05, 0) is 135 Å². The van der Waals surface area contributed by atoms with Crippen molar-refractivity contribution in [3.8, 4) is 11.5 Å². The maximum atomic E-state index is 12.3. The molecule has 0 amide bonds. The minimum Gasteiger partial charge on any atom is -0.497 e. The summed E-state index contributed by atoms with van der Waals surface area (Å²) in [5.74, 6) is 1.50. The summed E-state index contributed by atoms with van der Waals surface area (Å²) in [6.07, 6.45) is 32.6. The second-order valence-electron chi connectivity index (χ2n) is 15.6. The minimum atomic E-state index is -0.187. The van der Waals surface area contributed by atoms with Crippen molar-refractivity contribution in [2.24, 2.45) is 0 Å². The molecule has 0 heterocycles. The summed E-state index contributed by atoms with van der Waals surface area (Å²) in [5.41, 5.74) is 7.55. The van der Waals surface area contributed by atoms with Gasteiger partial charge in [-0.1, -0.05) is 223 Å². The molecule has 6 rings (SSSR count). The van der Waals surface area contributed by atoms with Gasteiger partial charge in [0.1, 0.15) is 23.1 Å². The van der Waals surface area contributed by atoms with Crippen molar-refractivity contribution < 1.29 is 18.3 Å². The number of unbranched alkanes of at least 4 members (excludes halogenated alkanes) is 4. The molecule has 0 bridgehead atoms. The van der Waals surface area contributed by atoms with Crippen molar-refractivity contribution in [3.63, 3.8) is 0 Å². The maximum absolute atomic E-state index is 12.3. The van der Waals surface area contributed by atoms with Crippen LogP contribution in [0.2, 0.25) is 0 Å². The monoisotopic (exact) mass is 919 g/mol. The van der Waals surface area contributed by atoms with Gasteiger partial charge in [-0.2, -0.15) is 0 Å². The van der Waals surface area contributed by atoms with E-state index in [4.69, 9.17) is 9.47 Å². The van der Waals surface area contributed by atoms with Crippen molar-refractivity contribution >= 4 is 18.2 Å². The molecule has 0 aliphatic carbocycles. The van der Waals surface area contributed by atoms with Gasteiger partial charge in [0.2, 0.25) is 0 Å². The Bertz CT molecular complexity index is 2180. The highest BCUT2D eigenvalue weighted by Crippen LogP contribution is 2.14. The number of ether oxygens (including phenoxy) is 2. The van der Waals surface area contributed by atoms with Crippen molar-refractivity contribution in [2.45, 2.75) is 106 Å². The Kier molecular flexibility index (Phi) is 36.6. The molecule has 0 radical (unpaired) electrons. The molecule has 0 atom stereocenters. The van der Waals surface area contributed by atoms with E-state index in [1.54, 1.807) is 26.4 Å². The maximum Gasteiger partial charge on any atom is 0.123 e. The fraction of sp³-hybridized carbons (Fsp3) is 0.281. The smallest absolute Gasteiger partial charge is 0.123 e. The topological polar surface area (TPSA) is 18.5 Å². The Hall–Kier alpha value is -6.52. The second kappa shape index (κ2) is 41.9. The molecule has 0 unspecified atom stereocenters. The van der Waals surface area contributed by atoms with E-state index in [-0.39, 0.29) is 11.6 Å². The average molecular weight is 919 g/mol. The predicted molar refractivity (Wildman–Crippen MR) is 295 cm³/mol. The van der Waals surface area contributed by atoms with E-state index in [9.17, 15) is 8.78 Å². The van der Waals surface area contributed by atoms with Crippen molar-refractivity contribution in [3.05, 3.63) is 245 Å². The lowest BCUT2D eigenvalue weighted by Crippen LogP contribution is -1.86. The summed E-state index contributed by atoms with van der Waals surface area (Å²) in [4.78, 5) is 0. The lowest BCUT2D eigenvalue weighted by atomic mass is 10.1. The van der Waals surface area contributed by atoms with Crippen LogP contribution in [0.15, 0.2) is 200 Å². The van der Waals surface area contributed by atoms with Gasteiger partial charge in [-0.15, -0.1) is 0 Å². The number of allylic oxidation sites excluding steroid dienone is 7. The van der Waals surface area contributed by atoms with E-state index >= 15 is 0 Å². The first-order valence-electron chi connectivity index (χ1n) is 24.3. The molecule has 0 N–H and O–H groups in total. The van der Waals surface area contributed by atoms with Crippen LogP contribution in [0.25, 0.3) is 18.2 Å². The normalized spacial score (nSPS) is 10.5. The Labute approximate surface area is 411 Å². The number of rotatable bonds is 17. The van der Waals surface area contributed by atoms with Crippen LogP contribution in [-0.2, 0) is 19.3 Å². The van der Waals surface area contributed by atoms with Crippen LogP contribution in [0.3, 0.4) is 0 Å². The number of halogens is 2. The molecule has 362 valence electrons. The van der Waals surface area contributed by atoms with Gasteiger partial charge in [0.25, 0.3) is 0 Å². The summed E-state index contributed by atoms with van der Waals surface area (Å²) < 4.78 is 34.8. The number of aryl methyl sites for hydroxylation is 3. The Morgan fingerprint density at radius 2 is 0.721 bits per heavy atom. The van der Waals surface area contributed by atoms with Crippen molar-refractivity contribution in [1.29, 1.82) is 0 Å². The first-order valence-corrected chi connectivity index (χ1v) is 24.3. The van der Waals surface area contributed by atoms with Gasteiger partial charge < -0.3 is 9.47 Å². The highest BCUT2D eigenvalue weighted by Gasteiger charge is 1.95. The van der Waals surface area contributed by atoms with Gasteiger partial charge in [0, 0.05) is 0 Å². The van der Waals surface area contributed by atoms with Gasteiger partial charge in [-0.3, -0.25) is 0 Å². The van der Waals surface area contributed by atoms with Gasteiger partial charge in [0.05, 0.1) is 14.2 Å². The van der Waals surface area contributed by atoms with Gasteiger partial charge >= 0.3 is 0 Å². The summed E-state index contributed by atoms with van der Waals surface area (Å²) in [6.45, 7) is 12.5. The molecule has 0 aliphatic heterocycles. The largest absolute Gasteiger partial charge is 0.497 e. The number of hydrogen-bond donors (Lipinski definition) is 0. The van der Waals surface area contributed by atoms with Crippen LogP contribution in [0.5, 0.6) is 11.5 Å². The lowest BCUT2D eigenvalue weighted by Gasteiger charge is -2.02. The highest BCUT2D eigenvalue weighted by molar-refractivity contribution is 5.52. The van der Waals surface area contributed by atoms with Crippen LogP contribution in [0.4, 0.5) is 8.78 Å². The molecule has 0 fully saturated rings. The zero-order valence-corrected chi connectivity index (χ0v) is 42.4. The molecule has 4 heteroatoms. The molecule has 0 spiro atoms. The standard InChI is InChI=1S/C12H18O.C12H14O.C11H16.C11H12.C9H11F.C9H9F/c2*1-3-4-5-6-11-7-9-12(13-2)10-8-11;2*1-2-3-5-8-11-9-6-4-7-10-11;2*1-2-3-8-4-6-9(10)7-5-8/h7-10H,3-6H2,1-2H3;3-10H,1-2H3;4,6-7,9-10H,2-3,5,8H2,1H3;2-10H,1H3;4-7H,2-3H2,1H3;2-7H,1H3/b;4-3+,6-5+;;3-2+,8-5+;;3-2+. The second-order valence-corrected chi connectivity index (χ2v) is 15.6. The summed E-state index contributed by atoms with van der Waals surface area (Å²) in [7, 11) is 3.37. The van der Waals surface area contributed by atoms with Crippen LogP contribution in [0.1, 0.15) is 120 Å². The fourth-order valence-electron chi connectivity index (χ4n) is 6.14. The average Bonchev–Trinajstić information content (AvgIpc) is 3.38. The molecule has 0 aliphatic rings. The summed E-state index contributed by atoms with van der Waals surface area (Å²) >= 11 is 0. The van der Waals surface area contributed by atoms with Gasteiger partial charge in [0.15, 0.2) is 0 Å². The third-order valence-corrected chi connectivity index (χ3v) is 9.92. The van der Waals surface area contributed by atoms with Gasteiger partial charge in [-0.25, -0.2) is 8.78 Å². The third kappa shape index (κ3) is 32.2.